The summed E-state index contributed by atoms with van der Waals surface area (Å²) < 4.78 is 0. The van der Waals surface area contributed by atoms with Crippen molar-refractivity contribution in [1.29, 1.82) is 0 Å². The Morgan fingerprint density at radius 2 is 1.96 bits per heavy atom. The lowest BCUT2D eigenvalue weighted by Gasteiger charge is -2.24. The number of aryl methyl sites for hydroxylation is 1. The summed E-state index contributed by atoms with van der Waals surface area (Å²) in [5.74, 6) is 0.803. The molecule has 0 aliphatic carbocycles. The molecule has 0 bridgehead atoms. The summed E-state index contributed by atoms with van der Waals surface area (Å²) in [6.45, 7) is 0.607. The van der Waals surface area contributed by atoms with Gasteiger partial charge in [-0.15, -0.1) is 0 Å². The van der Waals surface area contributed by atoms with Crippen molar-refractivity contribution in [3.05, 3.63) is 59.9 Å². The molecule has 2 amide bonds. The van der Waals surface area contributed by atoms with Gasteiger partial charge in [0, 0.05) is 31.0 Å². The van der Waals surface area contributed by atoms with Gasteiger partial charge < -0.3 is 15.6 Å². The van der Waals surface area contributed by atoms with Crippen LogP contribution in [0.25, 0.3) is 11.0 Å². The molecule has 3 N–H and O–H groups in total. The minimum absolute atomic E-state index is 0.00346. The van der Waals surface area contributed by atoms with E-state index in [4.69, 9.17) is 0 Å². The van der Waals surface area contributed by atoms with E-state index in [1.165, 1.54) is 0 Å². The average molecular weight is 376 g/mol. The number of amides is 2. The molecule has 1 atom stereocenters. The molecule has 6 heteroatoms. The number of aromatic amines is 1. The first-order valence-electron chi connectivity index (χ1n) is 9.78. The maximum atomic E-state index is 12.2. The highest BCUT2D eigenvalue weighted by molar-refractivity contribution is 5.96. The van der Waals surface area contributed by atoms with Crippen molar-refractivity contribution >= 4 is 28.5 Å². The number of fused-ring (bicyclic) bond motifs is 2. The molecule has 144 valence electrons. The predicted molar refractivity (Wildman–Crippen MR) is 109 cm³/mol. The molecule has 2 aromatic carbocycles. The number of aromatic nitrogens is 2. The van der Waals surface area contributed by atoms with E-state index >= 15 is 0 Å². The van der Waals surface area contributed by atoms with Crippen molar-refractivity contribution in [1.82, 2.24) is 15.3 Å². The molecule has 0 unspecified atom stereocenters. The topological polar surface area (TPSA) is 86.9 Å². The average Bonchev–Trinajstić information content (AvgIpc) is 3.12. The number of H-pyrrole nitrogens is 1. The zero-order valence-corrected chi connectivity index (χ0v) is 15.7. The molecule has 0 fully saturated rings. The molecule has 0 spiro atoms. The Labute approximate surface area is 163 Å². The van der Waals surface area contributed by atoms with Gasteiger partial charge >= 0.3 is 0 Å². The van der Waals surface area contributed by atoms with Gasteiger partial charge in [0.2, 0.25) is 11.8 Å². The predicted octanol–water partition coefficient (Wildman–Crippen LogP) is 3.20. The van der Waals surface area contributed by atoms with E-state index < -0.39 is 0 Å². The Morgan fingerprint density at radius 1 is 1.14 bits per heavy atom. The lowest BCUT2D eigenvalue weighted by Crippen LogP contribution is -2.32. The summed E-state index contributed by atoms with van der Waals surface area (Å²) in [6.07, 6.45) is 3.24. The number of anilines is 1. The standard InChI is InChI=1S/C22H24N4O2/c27-21(12-11-16-14-15-6-1-2-7-17(15)26-22(16)28)23-13-5-10-20-24-18-8-3-4-9-19(18)25-20/h1-4,6-9,16H,5,10-14H2,(H,23,27)(H,24,25)(H,26,28)/t16-/m0/s1. The fourth-order valence-electron chi connectivity index (χ4n) is 3.65. The number of hydrogen-bond acceptors (Lipinski definition) is 3. The quantitative estimate of drug-likeness (QED) is 0.554. The van der Waals surface area contributed by atoms with Crippen molar-refractivity contribution in [2.24, 2.45) is 5.92 Å². The van der Waals surface area contributed by atoms with E-state index in [1.807, 2.05) is 48.5 Å². The molecular weight excluding hydrogens is 352 g/mol. The van der Waals surface area contributed by atoms with Crippen molar-refractivity contribution in [3.63, 3.8) is 0 Å². The van der Waals surface area contributed by atoms with E-state index in [0.717, 1.165) is 41.0 Å². The number of benzene rings is 2. The van der Waals surface area contributed by atoms with Gasteiger partial charge in [-0.3, -0.25) is 9.59 Å². The molecule has 28 heavy (non-hydrogen) atoms. The number of hydrogen-bond donors (Lipinski definition) is 3. The van der Waals surface area contributed by atoms with Crippen LogP contribution in [0.4, 0.5) is 5.69 Å². The monoisotopic (exact) mass is 376 g/mol. The van der Waals surface area contributed by atoms with Gasteiger partial charge in [-0.1, -0.05) is 30.3 Å². The van der Waals surface area contributed by atoms with Crippen LogP contribution in [0.5, 0.6) is 0 Å². The van der Waals surface area contributed by atoms with Crippen LogP contribution >= 0.6 is 0 Å². The second-order valence-electron chi connectivity index (χ2n) is 7.24. The van der Waals surface area contributed by atoms with Crippen LogP contribution in [0.3, 0.4) is 0 Å². The number of carbonyl (C=O) groups excluding carboxylic acids is 2. The maximum Gasteiger partial charge on any atom is 0.227 e. The van der Waals surface area contributed by atoms with Gasteiger partial charge in [0.05, 0.1) is 11.0 Å². The van der Waals surface area contributed by atoms with Crippen molar-refractivity contribution in [3.8, 4) is 0 Å². The summed E-state index contributed by atoms with van der Waals surface area (Å²) >= 11 is 0. The lowest BCUT2D eigenvalue weighted by atomic mass is 9.89. The second-order valence-corrected chi connectivity index (χ2v) is 7.24. The van der Waals surface area contributed by atoms with Gasteiger partial charge in [0.15, 0.2) is 0 Å². The molecule has 4 rings (SSSR count). The second kappa shape index (κ2) is 8.25. The zero-order chi connectivity index (χ0) is 19.3. The van der Waals surface area contributed by atoms with Crippen LogP contribution in [0.1, 0.15) is 30.7 Å². The Kier molecular flexibility index (Phi) is 5.37. The van der Waals surface area contributed by atoms with E-state index in [1.54, 1.807) is 0 Å². The van der Waals surface area contributed by atoms with Gasteiger partial charge in [0.1, 0.15) is 5.82 Å². The smallest absolute Gasteiger partial charge is 0.227 e. The Bertz CT molecular complexity index is 962. The summed E-state index contributed by atoms with van der Waals surface area (Å²) in [4.78, 5) is 32.2. The summed E-state index contributed by atoms with van der Waals surface area (Å²) in [6, 6.07) is 15.8. The molecule has 0 radical (unpaired) electrons. The number of nitrogens with one attached hydrogen (secondary N) is 3. The molecule has 0 saturated heterocycles. The van der Waals surface area contributed by atoms with E-state index in [2.05, 4.69) is 20.6 Å². The number of imidazole rings is 1. The van der Waals surface area contributed by atoms with Crippen LogP contribution in [0, 0.1) is 5.92 Å². The first kappa shape index (κ1) is 18.2. The SMILES string of the molecule is O=C(CC[C@H]1Cc2ccccc2NC1=O)NCCCc1nc2ccccc2[nH]1. The minimum Gasteiger partial charge on any atom is -0.356 e. The Morgan fingerprint density at radius 3 is 2.86 bits per heavy atom. The molecule has 0 saturated carbocycles. The van der Waals surface area contributed by atoms with Crippen molar-refractivity contribution in [2.45, 2.75) is 32.1 Å². The molecule has 1 aromatic heterocycles. The van der Waals surface area contributed by atoms with Crippen LogP contribution in [0.2, 0.25) is 0 Å². The highest BCUT2D eigenvalue weighted by Gasteiger charge is 2.26. The Hall–Kier alpha value is -3.15. The third-order valence-electron chi connectivity index (χ3n) is 5.18. The maximum absolute atomic E-state index is 12.2. The third-order valence-corrected chi connectivity index (χ3v) is 5.18. The number of para-hydroxylation sites is 3. The molecular formula is C22H24N4O2. The Balaban J connectivity index is 1.18. The highest BCUT2D eigenvalue weighted by atomic mass is 16.2. The van der Waals surface area contributed by atoms with E-state index in [-0.39, 0.29) is 17.7 Å². The van der Waals surface area contributed by atoms with Crippen molar-refractivity contribution < 1.29 is 9.59 Å². The number of rotatable bonds is 7. The normalized spacial score (nSPS) is 15.9. The van der Waals surface area contributed by atoms with Crippen LogP contribution in [0.15, 0.2) is 48.5 Å². The van der Waals surface area contributed by atoms with E-state index in [9.17, 15) is 9.59 Å². The summed E-state index contributed by atoms with van der Waals surface area (Å²) in [5.41, 5.74) is 4.03. The minimum atomic E-state index is -0.142. The first-order chi connectivity index (χ1) is 13.7. The van der Waals surface area contributed by atoms with E-state index in [0.29, 0.717) is 25.8 Å². The molecule has 1 aliphatic heterocycles. The molecule has 1 aliphatic rings. The van der Waals surface area contributed by atoms with Gasteiger partial charge in [-0.2, -0.15) is 0 Å². The fraction of sp³-hybridized carbons (Fsp3) is 0.318. The summed E-state index contributed by atoms with van der Waals surface area (Å²) in [5, 5.41) is 5.88. The van der Waals surface area contributed by atoms with Crippen molar-refractivity contribution in [2.75, 3.05) is 11.9 Å². The van der Waals surface area contributed by atoms with Gasteiger partial charge in [0.25, 0.3) is 0 Å². The number of nitrogens with zero attached hydrogens (tertiary/aromatic N) is 1. The highest BCUT2D eigenvalue weighted by Crippen LogP contribution is 2.27. The lowest BCUT2D eigenvalue weighted by molar-refractivity contribution is -0.122. The fourth-order valence-corrected chi connectivity index (χ4v) is 3.65. The van der Waals surface area contributed by atoms with Crippen LogP contribution < -0.4 is 10.6 Å². The number of carbonyl (C=O) groups is 2. The zero-order valence-electron chi connectivity index (χ0n) is 15.7. The largest absolute Gasteiger partial charge is 0.356 e. The van der Waals surface area contributed by atoms with Crippen LogP contribution in [-0.2, 0) is 22.4 Å². The summed E-state index contributed by atoms with van der Waals surface area (Å²) in [7, 11) is 0. The first-order valence-corrected chi connectivity index (χ1v) is 9.78. The van der Waals surface area contributed by atoms with Gasteiger partial charge in [-0.25, -0.2) is 4.98 Å². The molecule has 2 heterocycles. The van der Waals surface area contributed by atoms with Gasteiger partial charge in [-0.05, 0) is 43.0 Å². The molecule has 3 aromatic rings. The molecule has 6 nitrogen and oxygen atoms in total. The van der Waals surface area contributed by atoms with Crippen LogP contribution in [-0.4, -0.2) is 28.3 Å². The third kappa shape index (κ3) is 4.22.